The molecule has 15 heavy (non-hydrogen) atoms. The molecule has 1 rings (SSSR count). The summed E-state index contributed by atoms with van der Waals surface area (Å²) in [6.07, 6.45) is 5.10. The molecule has 0 atom stereocenters. The van der Waals surface area contributed by atoms with Crippen LogP contribution in [0, 0.1) is 0 Å². The fourth-order valence-electron chi connectivity index (χ4n) is 2.05. The Balaban J connectivity index is 2.72. The lowest BCUT2D eigenvalue weighted by atomic mass is 9.90. The topological polar surface area (TPSA) is 9.23 Å². The Labute approximate surface area is 93.5 Å². The van der Waals surface area contributed by atoms with Crippen LogP contribution in [0.1, 0.15) is 51.0 Å². The van der Waals surface area contributed by atoms with E-state index < -0.39 is 0 Å². The minimum atomic E-state index is 0.728. The molecule has 84 valence electrons. The zero-order chi connectivity index (χ0) is 11.1. The Hall–Kier alpha value is -0.980. The summed E-state index contributed by atoms with van der Waals surface area (Å²) < 4.78 is 5.17. The lowest BCUT2D eigenvalue weighted by Gasteiger charge is -2.15. The molecule has 0 aliphatic carbocycles. The molecule has 0 spiro atoms. The van der Waals surface area contributed by atoms with E-state index in [-0.39, 0.29) is 0 Å². The minimum Gasteiger partial charge on any atom is -0.497 e. The van der Waals surface area contributed by atoms with Gasteiger partial charge in [-0.05, 0) is 36.5 Å². The van der Waals surface area contributed by atoms with E-state index in [9.17, 15) is 0 Å². The van der Waals surface area contributed by atoms with Crippen molar-refractivity contribution < 1.29 is 4.74 Å². The van der Waals surface area contributed by atoms with Crippen LogP contribution in [0.3, 0.4) is 0 Å². The highest BCUT2D eigenvalue weighted by Gasteiger charge is 2.09. The van der Waals surface area contributed by atoms with Crippen LogP contribution in [-0.2, 0) is 0 Å². The standard InChI is InChI=1S/C14H22O/c1-4-6-12(7-5-2)13-8-10-14(15-3)11-9-13/h8-12H,4-7H2,1-3H3. The molecule has 1 heteroatoms. The van der Waals surface area contributed by atoms with E-state index in [4.69, 9.17) is 4.74 Å². The van der Waals surface area contributed by atoms with Gasteiger partial charge in [0.2, 0.25) is 0 Å². The molecule has 0 aliphatic rings. The predicted molar refractivity (Wildman–Crippen MR) is 65.6 cm³/mol. The minimum absolute atomic E-state index is 0.728. The first-order valence-electron chi connectivity index (χ1n) is 5.95. The zero-order valence-electron chi connectivity index (χ0n) is 10.1. The monoisotopic (exact) mass is 206 g/mol. The van der Waals surface area contributed by atoms with Crippen molar-refractivity contribution in [1.82, 2.24) is 0 Å². The Morgan fingerprint density at radius 2 is 1.53 bits per heavy atom. The predicted octanol–water partition coefficient (Wildman–Crippen LogP) is 4.38. The van der Waals surface area contributed by atoms with Crippen molar-refractivity contribution in [3.63, 3.8) is 0 Å². The van der Waals surface area contributed by atoms with Crippen LogP contribution in [0.15, 0.2) is 24.3 Å². The maximum Gasteiger partial charge on any atom is 0.118 e. The first kappa shape index (κ1) is 12.1. The molecule has 0 aliphatic heterocycles. The smallest absolute Gasteiger partial charge is 0.118 e. The number of methoxy groups -OCH3 is 1. The maximum absolute atomic E-state index is 5.17. The number of ether oxygens (including phenoxy) is 1. The van der Waals surface area contributed by atoms with Gasteiger partial charge in [-0.25, -0.2) is 0 Å². The Kier molecular flexibility index (Phi) is 5.23. The van der Waals surface area contributed by atoms with Gasteiger partial charge >= 0.3 is 0 Å². The van der Waals surface area contributed by atoms with Gasteiger partial charge in [0, 0.05) is 0 Å². The third-order valence-corrected chi connectivity index (χ3v) is 2.86. The second-order valence-corrected chi connectivity index (χ2v) is 4.05. The number of hydrogen-bond donors (Lipinski definition) is 0. The quantitative estimate of drug-likeness (QED) is 0.671. The second kappa shape index (κ2) is 6.49. The molecular formula is C14H22O. The second-order valence-electron chi connectivity index (χ2n) is 4.05. The van der Waals surface area contributed by atoms with Crippen molar-refractivity contribution in [2.45, 2.75) is 45.4 Å². The summed E-state index contributed by atoms with van der Waals surface area (Å²) in [5.74, 6) is 1.68. The lowest BCUT2D eigenvalue weighted by Crippen LogP contribution is -1.98. The molecule has 0 saturated heterocycles. The van der Waals surface area contributed by atoms with E-state index in [1.807, 2.05) is 0 Å². The van der Waals surface area contributed by atoms with Crippen molar-refractivity contribution in [3.8, 4) is 5.75 Å². The van der Waals surface area contributed by atoms with Gasteiger partial charge in [-0.15, -0.1) is 0 Å². The molecule has 1 nitrogen and oxygen atoms in total. The molecule has 0 heterocycles. The molecule has 0 radical (unpaired) electrons. The SMILES string of the molecule is CCCC(CCC)c1ccc(OC)cc1. The van der Waals surface area contributed by atoms with Gasteiger partial charge in [0.15, 0.2) is 0 Å². The van der Waals surface area contributed by atoms with Crippen LogP contribution < -0.4 is 4.74 Å². The molecule has 0 saturated carbocycles. The van der Waals surface area contributed by atoms with Crippen LogP contribution in [0.25, 0.3) is 0 Å². The normalized spacial score (nSPS) is 10.7. The Morgan fingerprint density at radius 3 is 1.93 bits per heavy atom. The first-order chi connectivity index (χ1) is 7.31. The van der Waals surface area contributed by atoms with Gasteiger partial charge in [-0.2, -0.15) is 0 Å². The largest absolute Gasteiger partial charge is 0.497 e. The summed E-state index contributed by atoms with van der Waals surface area (Å²) in [7, 11) is 1.71. The van der Waals surface area contributed by atoms with Crippen molar-refractivity contribution in [2.75, 3.05) is 7.11 Å². The van der Waals surface area contributed by atoms with Crippen LogP contribution in [0.2, 0.25) is 0 Å². The van der Waals surface area contributed by atoms with E-state index in [1.54, 1.807) is 7.11 Å². The summed E-state index contributed by atoms with van der Waals surface area (Å²) in [5.41, 5.74) is 1.46. The Morgan fingerprint density at radius 1 is 1.00 bits per heavy atom. The van der Waals surface area contributed by atoms with Crippen LogP contribution >= 0.6 is 0 Å². The zero-order valence-corrected chi connectivity index (χ0v) is 10.1. The summed E-state index contributed by atoms with van der Waals surface area (Å²) in [5, 5.41) is 0. The van der Waals surface area contributed by atoms with Crippen molar-refractivity contribution in [2.24, 2.45) is 0 Å². The number of benzene rings is 1. The molecule has 1 aromatic rings. The van der Waals surface area contributed by atoms with Gasteiger partial charge in [0.05, 0.1) is 7.11 Å². The average molecular weight is 206 g/mol. The first-order valence-corrected chi connectivity index (χ1v) is 5.95. The third kappa shape index (κ3) is 3.58. The number of hydrogen-bond acceptors (Lipinski definition) is 1. The molecule has 0 N–H and O–H groups in total. The van der Waals surface area contributed by atoms with Crippen molar-refractivity contribution in [1.29, 1.82) is 0 Å². The molecule has 0 amide bonds. The van der Waals surface area contributed by atoms with Gasteiger partial charge < -0.3 is 4.74 Å². The summed E-state index contributed by atoms with van der Waals surface area (Å²) in [6.45, 7) is 4.51. The molecular weight excluding hydrogens is 184 g/mol. The van der Waals surface area contributed by atoms with E-state index in [0.29, 0.717) is 0 Å². The van der Waals surface area contributed by atoms with Gasteiger partial charge in [0.1, 0.15) is 5.75 Å². The van der Waals surface area contributed by atoms with Crippen LogP contribution in [0.4, 0.5) is 0 Å². The van der Waals surface area contributed by atoms with Gasteiger partial charge in [-0.1, -0.05) is 38.8 Å². The molecule has 0 fully saturated rings. The summed E-state index contributed by atoms with van der Waals surface area (Å²) in [4.78, 5) is 0. The number of rotatable bonds is 6. The van der Waals surface area contributed by atoms with Gasteiger partial charge in [0.25, 0.3) is 0 Å². The maximum atomic E-state index is 5.17. The highest BCUT2D eigenvalue weighted by atomic mass is 16.5. The molecule has 0 bridgehead atoms. The van der Waals surface area contributed by atoms with Crippen molar-refractivity contribution in [3.05, 3.63) is 29.8 Å². The summed E-state index contributed by atoms with van der Waals surface area (Å²) >= 11 is 0. The molecule has 0 aromatic heterocycles. The molecule has 1 aromatic carbocycles. The van der Waals surface area contributed by atoms with E-state index >= 15 is 0 Å². The van der Waals surface area contributed by atoms with E-state index in [2.05, 4.69) is 38.1 Å². The fraction of sp³-hybridized carbons (Fsp3) is 0.571. The highest BCUT2D eigenvalue weighted by molar-refractivity contribution is 5.29. The fourth-order valence-corrected chi connectivity index (χ4v) is 2.05. The lowest BCUT2D eigenvalue weighted by molar-refractivity contribution is 0.414. The van der Waals surface area contributed by atoms with Crippen LogP contribution in [0.5, 0.6) is 5.75 Å². The van der Waals surface area contributed by atoms with Gasteiger partial charge in [-0.3, -0.25) is 0 Å². The average Bonchev–Trinajstić information content (AvgIpc) is 2.29. The Bertz CT molecular complexity index is 257. The highest BCUT2D eigenvalue weighted by Crippen LogP contribution is 2.27. The third-order valence-electron chi connectivity index (χ3n) is 2.86. The van der Waals surface area contributed by atoms with Crippen LogP contribution in [-0.4, -0.2) is 7.11 Å². The summed E-state index contributed by atoms with van der Waals surface area (Å²) in [6, 6.07) is 8.53. The van der Waals surface area contributed by atoms with E-state index in [1.165, 1.54) is 31.2 Å². The van der Waals surface area contributed by atoms with E-state index in [0.717, 1.165) is 11.7 Å². The van der Waals surface area contributed by atoms with Crippen molar-refractivity contribution >= 4 is 0 Å². The molecule has 0 unspecified atom stereocenters.